The third kappa shape index (κ3) is 3.76. The number of benzene rings is 3. The molecule has 3 atom stereocenters. The Balaban J connectivity index is 1.54. The fraction of sp³-hybridized carbons (Fsp3) is 0.241. The molecule has 2 aliphatic carbocycles. The van der Waals surface area contributed by atoms with Crippen LogP contribution in [0.4, 0.5) is 0 Å². The normalized spacial score (nSPS) is 25.5. The summed E-state index contributed by atoms with van der Waals surface area (Å²) in [6.07, 6.45) is 5.10. The number of fused-ring (bicyclic) bond motifs is 1. The minimum atomic E-state index is -0.891. The van der Waals surface area contributed by atoms with Crippen molar-refractivity contribution in [1.29, 1.82) is 0 Å². The maximum atomic E-state index is 13.7. The van der Waals surface area contributed by atoms with Gasteiger partial charge in [0.1, 0.15) is 5.75 Å². The molecule has 0 heterocycles. The van der Waals surface area contributed by atoms with E-state index in [1.165, 1.54) is 0 Å². The molecule has 0 aliphatic heterocycles. The van der Waals surface area contributed by atoms with Crippen LogP contribution in [0, 0.1) is 11.8 Å². The molecule has 0 bridgehead atoms. The van der Waals surface area contributed by atoms with Crippen LogP contribution in [0.1, 0.15) is 53.4 Å². The van der Waals surface area contributed by atoms with Crippen LogP contribution in [0.25, 0.3) is 6.08 Å². The number of carbonyl (C=O) groups excluding carboxylic acids is 1. The van der Waals surface area contributed by atoms with Crippen LogP contribution in [0.3, 0.4) is 0 Å². The first-order chi connectivity index (χ1) is 16.1. The van der Waals surface area contributed by atoms with E-state index in [1.807, 2.05) is 78.9 Å². The molecule has 4 heteroatoms. The number of carboxylic acids is 1. The largest absolute Gasteiger partial charge is 0.481 e. The van der Waals surface area contributed by atoms with E-state index in [0.29, 0.717) is 5.75 Å². The van der Waals surface area contributed by atoms with E-state index in [0.717, 1.165) is 28.7 Å². The zero-order valence-electron chi connectivity index (χ0n) is 18.4. The van der Waals surface area contributed by atoms with Gasteiger partial charge in [0.05, 0.1) is 11.8 Å². The molecular weight excluding hydrogens is 412 g/mol. The number of hydrogen-bond acceptors (Lipinski definition) is 3. The SMILES string of the molecule is CC1CC=Cc2cccc(OC(=O)C3[C@@H](c4ccccc4)C(C(=O)O)[C@@H]3c3ccccc3)c21. The molecule has 0 spiro atoms. The summed E-state index contributed by atoms with van der Waals surface area (Å²) in [6, 6.07) is 24.7. The van der Waals surface area contributed by atoms with Crippen molar-refractivity contribution in [2.24, 2.45) is 11.8 Å². The Morgan fingerprint density at radius 3 is 2.00 bits per heavy atom. The number of carboxylic acid groups (broad SMARTS) is 1. The first-order valence-electron chi connectivity index (χ1n) is 11.4. The van der Waals surface area contributed by atoms with E-state index < -0.39 is 29.6 Å². The van der Waals surface area contributed by atoms with Gasteiger partial charge < -0.3 is 9.84 Å². The predicted octanol–water partition coefficient (Wildman–Crippen LogP) is 6.01. The summed E-state index contributed by atoms with van der Waals surface area (Å²) in [5.41, 5.74) is 3.81. The molecule has 1 fully saturated rings. The zero-order valence-corrected chi connectivity index (χ0v) is 18.4. The number of aliphatic carboxylic acids is 1. The van der Waals surface area contributed by atoms with Crippen molar-refractivity contribution in [3.63, 3.8) is 0 Å². The molecule has 1 N–H and O–H groups in total. The lowest BCUT2D eigenvalue weighted by Gasteiger charge is -2.49. The highest BCUT2D eigenvalue weighted by Crippen LogP contribution is 2.58. The highest BCUT2D eigenvalue weighted by molar-refractivity contribution is 5.86. The van der Waals surface area contributed by atoms with Gasteiger partial charge in [-0.25, -0.2) is 0 Å². The Bertz CT molecular complexity index is 1150. The Morgan fingerprint density at radius 1 is 0.818 bits per heavy atom. The number of rotatable bonds is 5. The summed E-state index contributed by atoms with van der Waals surface area (Å²) in [4.78, 5) is 26.0. The van der Waals surface area contributed by atoms with Crippen molar-refractivity contribution in [3.8, 4) is 5.75 Å². The smallest absolute Gasteiger partial charge is 0.315 e. The number of esters is 1. The van der Waals surface area contributed by atoms with Gasteiger partial charge in [-0.3, -0.25) is 9.59 Å². The monoisotopic (exact) mass is 438 g/mol. The molecule has 4 nitrogen and oxygen atoms in total. The fourth-order valence-electron chi connectivity index (χ4n) is 5.54. The quantitative estimate of drug-likeness (QED) is 0.391. The third-order valence-corrected chi connectivity index (χ3v) is 7.06. The third-order valence-electron chi connectivity index (χ3n) is 7.06. The summed E-state index contributed by atoms with van der Waals surface area (Å²) < 4.78 is 6.05. The Kier molecular flexibility index (Phi) is 5.59. The van der Waals surface area contributed by atoms with Crippen LogP contribution in [-0.2, 0) is 9.59 Å². The Hall–Kier alpha value is -3.66. The Labute approximate surface area is 193 Å². The molecule has 166 valence electrons. The van der Waals surface area contributed by atoms with Gasteiger partial charge in [-0.2, -0.15) is 0 Å². The Morgan fingerprint density at radius 2 is 1.42 bits per heavy atom. The average Bonchev–Trinajstić information content (AvgIpc) is 2.80. The van der Waals surface area contributed by atoms with Crippen LogP contribution in [0.15, 0.2) is 84.9 Å². The van der Waals surface area contributed by atoms with Crippen molar-refractivity contribution in [1.82, 2.24) is 0 Å². The predicted molar refractivity (Wildman–Crippen MR) is 127 cm³/mol. The maximum Gasteiger partial charge on any atom is 0.315 e. The minimum Gasteiger partial charge on any atom is -0.481 e. The van der Waals surface area contributed by atoms with Crippen molar-refractivity contribution >= 4 is 18.0 Å². The highest BCUT2D eigenvalue weighted by Gasteiger charge is 2.59. The van der Waals surface area contributed by atoms with Gasteiger partial charge in [-0.15, -0.1) is 0 Å². The van der Waals surface area contributed by atoms with E-state index >= 15 is 0 Å². The van der Waals surface area contributed by atoms with Gasteiger partial charge >= 0.3 is 11.9 Å². The van der Waals surface area contributed by atoms with Gasteiger partial charge in [-0.05, 0) is 35.1 Å². The van der Waals surface area contributed by atoms with E-state index in [-0.39, 0.29) is 11.9 Å². The number of carbonyl (C=O) groups is 2. The fourth-order valence-corrected chi connectivity index (χ4v) is 5.54. The molecule has 0 aromatic heterocycles. The van der Waals surface area contributed by atoms with E-state index in [9.17, 15) is 14.7 Å². The van der Waals surface area contributed by atoms with Gasteiger partial charge in [0.2, 0.25) is 0 Å². The lowest BCUT2D eigenvalue weighted by molar-refractivity contribution is -0.158. The first kappa shape index (κ1) is 21.2. The second-order valence-electron chi connectivity index (χ2n) is 8.98. The molecule has 0 saturated heterocycles. The summed E-state index contributed by atoms with van der Waals surface area (Å²) in [6.45, 7) is 2.13. The minimum absolute atomic E-state index is 0.247. The molecular formula is C29H26O4. The maximum absolute atomic E-state index is 13.7. The summed E-state index contributed by atoms with van der Waals surface area (Å²) in [5, 5.41) is 10.1. The lowest BCUT2D eigenvalue weighted by atomic mass is 9.52. The van der Waals surface area contributed by atoms with Crippen LogP contribution < -0.4 is 4.74 Å². The molecule has 3 aromatic carbocycles. The second kappa shape index (κ2) is 8.70. The van der Waals surface area contributed by atoms with Crippen molar-refractivity contribution in [2.45, 2.75) is 31.1 Å². The average molecular weight is 439 g/mol. The molecule has 2 aliphatic rings. The summed E-state index contributed by atoms with van der Waals surface area (Å²) >= 11 is 0. The van der Waals surface area contributed by atoms with E-state index in [2.05, 4.69) is 19.1 Å². The van der Waals surface area contributed by atoms with Crippen LogP contribution in [0.2, 0.25) is 0 Å². The van der Waals surface area contributed by atoms with Crippen LogP contribution >= 0.6 is 0 Å². The lowest BCUT2D eigenvalue weighted by Crippen LogP contribution is -2.52. The number of hydrogen-bond donors (Lipinski definition) is 1. The summed E-state index contributed by atoms with van der Waals surface area (Å²) in [5.74, 6) is -2.61. The zero-order chi connectivity index (χ0) is 22.9. The number of ether oxygens (including phenoxy) is 1. The molecule has 5 rings (SSSR count). The van der Waals surface area contributed by atoms with Gasteiger partial charge in [0, 0.05) is 17.4 Å². The molecule has 0 amide bonds. The number of allylic oxidation sites excluding steroid dienone is 1. The van der Waals surface area contributed by atoms with Crippen LogP contribution in [0.5, 0.6) is 5.75 Å². The molecule has 3 aromatic rings. The topological polar surface area (TPSA) is 63.6 Å². The van der Waals surface area contributed by atoms with Gasteiger partial charge in [-0.1, -0.05) is 91.9 Å². The standard InChI is InChI=1S/C29H26O4/c1-18-10-8-15-19-16-9-17-22(23(18)19)33-29(32)27-24(20-11-4-2-5-12-20)26(28(30)31)25(27)21-13-6-3-7-14-21/h2-9,11-18,24-27H,10H2,1H3,(H,30,31)/t18?,24-,25-,26?,27?/m0/s1. The molecule has 33 heavy (non-hydrogen) atoms. The first-order valence-corrected chi connectivity index (χ1v) is 11.4. The van der Waals surface area contributed by atoms with Crippen LogP contribution in [-0.4, -0.2) is 17.0 Å². The van der Waals surface area contributed by atoms with Gasteiger partial charge in [0.25, 0.3) is 0 Å². The van der Waals surface area contributed by atoms with Crippen molar-refractivity contribution in [2.75, 3.05) is 0 Å². The van der Waals surface area contributed by atoms with Gasteiger partial charge in [0.15, 0.2) is 0 Å². The van der Waals surface area contributed by atoms with Crippen molar-refractivity contribution < 1.29 is 19.4 Å². The van der Waals surface area contributed by atoms with E-state index in [1.54, 1.807) is 0 Å². The van der Waals surface area contributed by atoms with Crippen molar-refractivity contribution in [3.05, 3.63) is 107 Å². The molecule has 1 saturated carbocycles. The molecule has 1 unspecified atom stereocenters. The van der Waals surface area contributed by atoms with E-state index in [4.69, 9.17) is 4.74 Å². The second-order valence-corrected chi connectivity index (χ2v) is 8.98. The highest BCUT2D eigenvalue weighted by atomic mass is 16.5. The molecule has 0 radical (unpaired) electrons. The summed E-state index contributed by atoms with van der Waals surface area (Å²) in [7, 11) is 0.